The van der Waals surface area contributed by atoms with Crippen LogP contribution in [-0.4, -0.2) is 69.1 Å². The maximum atomic E-state index is 13.2. The Morgan fingerprint density at radius 3 is 2.44 bits per heavy atom. The monoisotopic (exact) mass is 519 g/mol. The molecule has 3 rings (SSSR count). The molecule has 1 aliphatic rings. The highest BCUT2D eigenvalue weighted by Crippen LogP contribution is 2.28. The van der Waals surface area contributed by atoms with Gasteiger partial charge in [0.15, 0.2) is 0 Å². The number of anilines is 1. The van der Waals surface area contributed by atoms with E-state index in [-0.39, 0.29) is 11.9 Å². The van der Waals surface area contributed by atoms with Crippen molar-refractivity contribution in [3.05, 3.63) is 59.4 Å². The molecule has 0 aliphatic carbocycles. The summed E-state index contributed by atoms with van der Waals surface area (Å²) in [6.07, 6.45) is 4.87. The van der Waals surface area contributed by atoms with Crippen molar-refractivity contribution < 1.29 is 22.3 Å². The minimum absolute atomic E-state index is 0.270. The second-order valence-electron chi connectivity index (χ2n) is 9.65. The average molecular weight is 520 g/mol. The van der Waals surface area contributed by atoms with Crippen molar-refractivity contribution in [1.82, 2.24) is 9.21 Å². The number of carbonyl (C=O) groups is 1. The van der Waals surface area contributed by atoms with Gasteiger partial charge in [-0.25, -0.2) is 17.1 Å². The largest absolute Gasteiger partial charge is 0.495 e. The molecule has 2 aromatic rings. The van der Waals surface area contributed by atoms with Crippen LogP contribution in [-0.2, 0) is 16.4 Å². The molecule has 0 radical (unpaired) electrons. The van der Waals surface area contributed by atoms with Gasteiger partial charge in [0.2, 0.25) is 10.0 Å². The number of halogens is 1. The Labute approximate surface area is 214 Å². The Balaban J connectivity index is 1.66. The zero-order valence-corrected chi connectivity index (χ0v) is 22.5. The topological polar surface area (TPSA) is 79.0 Å². The molecule has 1 N–H and O–H groups in total. The Hall–Kier alpha value is -2.49. The van der Waals surface area contributed by atoms with Crippen molar-refractivity contribution in [3.8, 4) is 5.75 Å². The number of carbonyl (C=O) groups excluding carboxylic acids is 1. The number of piperidine rings is 1. The van der Waals surface area contributed by atoms with E-state index in [2.05, 4.69) is 24.1 Å². The van der Waals surface area contributed by atoms with Crippen LogP contribution >= 0.6 is 0 Å². The smallest absolute Gasteiger partial charge is 0.255 e. The molecule has 1 atom stereocenters. The zero-order chi connectivity index (χ0) is 26.3. The summed E-state index contributed by atoms with van der Waals surface area (Å²) in [6.45, 7) is 7.47. The van der Waals surface area contributed by atoms with Gasteiger partial charge in [-0.2, -0.15) is 0 Å². The molecule has 0 saturated carbocycles. The molecule has 9 heteroatoms. The van der Waals surface area contributed by atoms with E-state index >= 15 is 0 Å². The molecule has 0 spiro atoms. The van der Waals surface area contributed by atoms with E-state index in [9.17, 15) is 17.6 Å². The lowest BCUT2D eigenvalue weighted by Crippen LogP contribution is -2.44. The van der Waals surface area contributed by atoms with Crippen LogP contribution in [0.15, 0.2) is 42.5 Å². The Kier molecular flexibility index (Phi) is 9.87. The van der Waals surface area contributed by atoms with E-state index in [1.165, 1.54) is 30.5 Å². The molecule has 0 bridgehead atoms. The highest BCUT2D eigenvalue weighted by Gasteiger charge is 2.27. The van der Waals surface area contributed by atoms with E-state index in [0.29, 0.717) is 36.0 Å². The predicted molar refractivity (Wildman–Crippen MR) is 142 cm³/mol. The molecule has 1 unspecified atom stereocenters. The van der Waals surface area contributed by atoms with Gasteiger partial charge in [-0.3, -0.25) is 4.79 Å². The van der Waals surface area contributed by atoms with Crippen molar-refractivity contribution in [2.24, 2.45) is 5.92 Å². The quantitative estimate of drug-likeness (QED) is 0.476. The second-order valence-corrected chi connectivity index (χ2v) is 11.6. The summed E-state index contributed by atoms with van der Waals surface area (Å²) < 4.78 is 43.9. The van der Waals surface area contributed by atoms with Crippen molar-refractivity contribution in [2.45, 2.75) is 45.6 Å². The third-order valence-electron chi connectivity index (χ3n) is 6.82. The first kappa shape index (κ1) is 28.1. The molecule has 1 amide bonds. The van der Waals surface area contributed by atoms with Gasteiger partial charge in [0.05, 0.1) is 19.1 Å². The Morgan fingerprint density at radius 1 is 1.19 bits per heavy atom. The van der Waals surface area contributed by atoms with Crippen LogP contribution in [0.3, 0.4) is 0 Å². The molecule has 36 heavy (non-hydrogen) atoms. The van der Waals surface area contributed by atoms with Crippen molar-refractivity contribution in [1.29, 1.82) is 0 Å². The molecule has 1 fully saturated rings. The molecule has 1 aliphatic heterocycles. The van der Waals surface area contributed by atoms with Gasteiger partial charge in [-0.05, 0) is 87.0 Å². The van der Waals surface area contributed by atoms with Crippen LogP contribution in [0, 0.1) is 11.7 Å². The van der Waals surface area contributed by atoms with Crippen molar-refractivity contribution in [2.75, 3.05) is 44.9 Å². The van der Waals surface area contributed by atoms with Gasteiger partial charge in [0, 0.05) is 31.2 Å². The first-order chi connectivity index (χ1) is 17.1. The number of benzene rings is 2. The molecular weight excluding hydrogens is 481 g/mol. The zero-order valence-electron chi connectivity index (χ0n) is 21.7. The predicted octanol–water partition coefficient (Wildman–Crippen LogP) is 4.40. The number of amides is 1. The van der Waals surface area contributed by atoms with E-state index in [1.54, 1.807) is 11.4 Å². The number of nitrogens with zero attached hydrogens (tertiary/aromatic N) is 2. The van der Waals surface area contributed by atoms with Crippen LogP contribution in [0.1, 0.15) is 49.0 Å². The first-order valence-corrected chi connectivity index (χ1v) is 14.4. The minimum Gasteiger partial charge on any atom is -0.495 e. The minimum atomic E-state index is -3.12. The van der Waals surface area contributed by atoms with E-state index in [1.807, 2.05) is 18.2 Å². The van der Waals surface area contributed by atoms with Gasteiger partial charge in [0.25, 0.3) is 5.91 Å². The van der Waals surface area contributed by atoms with Crippen LogP contribution < -0.4 is 10.1 Å². The summed E-state index contributed by atoms with van der Waals surface area (Å²) in [6, 6.07) is 11.5. The first-order valence-electron chi connectivity index (χ1n) is 12.5. The Morgan fingerprint density at radius 2 is 1.86 bits per heavy atom. The normalized spacial score (nSPS) is 16.2. The summed E-state index contributed by atoms with van der Waals surface area (Å²) in [5, 5.41) is 2.89. The lowest BCUT2D eigenvalue weighted by atomic mass is 9.96. The number of hydrogen-bond donors (Lipinski definition) is 1. The van der Waals surface area contributed by atoms with Gasteiger partial charge in [-0.15, -0.1) is 0 Å². The maximum Gasteiger partial charge on any atom is 0.255 e. The molecule has 7 nitrogen and oxygen atoms in total. The SMILES string of the molecule is CCCN(CC1CCN(S(C)(=O)=O)CC1)C(C)Cc1ccc(OC)c(NC(=O)c2ccc(F)cc2)c1. The summed E-state index contributed by atoms with van der Waals surface area (Å²) in [5.74, 6) is 0.313. The lowest BCUT2D eigenvalue weighted by molar-refractivity contribution is 0.102. The standard InChI is InChI=1S/C27H38FN3O4S/c1-5-14-30(19-21-12-15-31(16-13-21)36(4,33)34)20(2)17-22-6-11-26(35-3)25(18-22)29-27(32)23-7-9-24(28)10-8-23/h6-11,18,20-21H,5,12-17,19H2,1-4H3,(H,29,32). The molecule has 2 aromatic carbocycles. The molecule has 0 aromatic heterocycles. The van der Waals surface area contributed by atoms with Crippen LogP contribution in [0.4, 0.5) is 10.1 Å². The maximum absolute atomic E-state index is 13.2. The van der Waals surface area contributed by atoms with E-state index < -0.39 is 15.8 Å². The second kappa shape index (κ2) is 12.7. The summed E-state index contributed by atoms with van der Waals surface area (Å²) in [5.41, 5.74) is 2.02. The van der Waals surface area contributed by atoms with Gasteiger partial charge in [-0.1, -0.05) is 13.0 Å². The number of ether oxygens (including phenoxy) is 1. The molecule has 1 heterocycles. The third kappa shape index (κ3) is 7.75. The molecule has 1 saturated heterocycles. The summed E-state index contributed by atoms with van der Waals surface area (Å²) >= 11 is 0. The number of sulfonamides is 1. The van der Waals surface area contributed by atoms with Crippen LogP contribution in [0.25, 0.3) is 0 Å². The summed E-state index contributed by atoms with van der Waals surface area (Å²) in [7, 11) is -1.56. The number of rotatable bonds is 11. The Bertz CT molecular complexity index is 1120. The van der Waals surface area contributed by atoms with E-state index in [0.717, 1.165) is 44.3 Å². The van der Waals surface area contributed by atoms with Gasteiger partial charge in [0.1, 0.15) is 11.6 Å². The van der Waals surface area contributed by atoms with Crippen LogP contribution in [0.5, 0.6) is 5.75 Å². The highest BCUT2D eigenvalue weighted by atomic mass is 32.2. The average Bonchev–Trinajstić information content (AvgIpc) is 2.84. The fourth-order valence-corrected chi connectivity index (χ4v) is 5.65. The number of methoxy groups -OCH3 is 1. The van der Waals surface area contributed by atoms with Crippen molar-refractivity contribution >= 4 is 21.6 Å². The highest BCUT2D eigenvalue weighted by molar-refractivity contribution is 7.88. The van der Waals surface area contributed by atoms with Gasteiger partial charge >= 0.3 is 0 Å². The van der Waals surface area contributed by atoms with Crippen LogP contribution in [0.2, 0.25) is 0 Å². The molecular formula is C27H38FN3O4S. The van der Waals surface area contributed by atoms with Crippen molar-refractivity contribution in [3.63, 3.8) is 0 Å². The molecule has 198 valence electrons. The third-order valence-corrected chi connectivity index (χ3v) is 8.12. The fourth-order valence-electron chi connectivity index (χ4n) is 4.78. The summed E-state index contributed by atoms with van der Waals surface area (Å²) in [4.78, 5) is 15.2. The lowest BCUT2D eigenvalue weighted by Gasteiger charge is -2.36. The van der Waals surface area contributed by atoms with Gasteiger partial charge < -0.3 is 15.0 Å². The van der Waals surface area contributed by atoms with E-state index in [4.69, 9.17) is 4.74 Å². The fraction of sp³-hybridized carbons (Fsp3) is 0.519. The number of hydrogen-bond acceptors (Lipinski definition) is 5. The number of nitrogens with one attached hydrogen (secondary N) is 1.